The minimum Gasteiger partial charge on any atom is -0.425 e. The lowest BCUT2D eigenvalue weighted by Crippen LogP contribution is -2.57. The molecule has 3 aliphatic heterocycles. The van der Waals surface area contributed by atoms with Crippen LogP contribution in [0.3, 0.4) is 0 Å². The fourth-order valence-corrected chi connectivity index (χ4v) is 4.25. The van der Waals surface area contributed by atoms with E-state index in [-0.39, 0.29) is 17.8 Å². The molecule has 5 nitrogen and oxygen atoms in total. The highest BCUT2D eigenvalue weighted by Gasteiger charge is 2.35. The second-order valence-electron chi connectivity index (χ2n) is 6.26. The molecule has 5 rings (SSSR count). The van der Waals surface area contributed by atoms with E-state index in [1.54, 1.807) is 6.20 Å². The van der Waals surface area contributed by atoms with E-state index in [4.69, 9.17) is 16.0 Å². The lowest BCUT2D eigenvalue weighted by molar-refractivity contribution is 0.0599. The van der Waals surface area contributed by atoms with Crippen molar-refractivity contribution in [2.45, 2.75) is 28.9 Å². The van der Waals surface area contributed by atoms with Crippen LogP contribution in [0.15, 0.2) is 44.9 Å². The number of hydrogen-bond donors (Lipinski definition) is 1. The Kier molecular flexibility index (Phi) is 4.52. The van der Waals surface area contributed by atoms with Crippen LogP contribution in [0, 0.1) is 5.92 Å². The molecule has 0 spiro atoms. The maximum atomic E-state index is 12.4. The number of hydrogen-bond acceptors (Lipinski definition) is 5. The number of carbonyl (C=O) groups excluding carboxylic acids is 1. The summed E-state index contributed by atoms with van der Waals surface area (Å²) in [7, 11) is 0. The van der Waals surface area contributed by atoms with Gasteiger partial charge in [0.1, 0.15) is 0 Å². The maximum absolute atomic E-state index is 12.4. The van der Waals surface area contributed by atoms with E-state index in [0.717, 1.165) is 37.4 Å². The number of nitrogens with zero attached hydrogens (tertiary/aromatic N) is 2. The number of rotatable bonds is 4. The predicted molar refractivity (Wildman–Crippen MR) is 92.5 cm³/mol. The third-order valence-electron chi connectivity index (χ3n) is 4.68. The minimum absolute atomic E-state index is 0.128. The minimum atomic E-state index is -0.225. The Balaban J connectivity index is 1.39. The number of nitrogens with one attached hydrogen (secondary N) is 1. The standard InChI is InChI=1S/C17H18ClN3O2S/c18-12-1-3-13(4-2-12)24-15-9-19-17(23-15)16(22)20-14-10-21-7-5-11(14)6-8-21/h1-4,9,11,14H,5-8,10H2,(H,20,22)/t14-/m0/s1. The number of fused-ring (bicyclic) bond motifs is 3. The molecule has 24 heavy (non-hydrogen) atoms. The monoisotopic (exact) mass is 363 g/mol. The molecule has 3 fully saturated rings. The van der Waals surface area contributed by atoms with Crippen LogP contribution >= 0.6 is 23.4 Å². The molecular formula is C17H18ClN3O2S. The zero-order valence-electron chi connectivity index (χ0n) is 13.1. The molecule has 3 aliphatic rings. The van der Waals surface area contributed by atoms with E-state index < -0.39 is 0 Å². The summed E-state index contributed by atoms with van der Waals surface area (Å²) < 4.78 is 5.59. The first-order chi connectivity index (χ1) is 11.7. The fraction of sp³-hybridized carbons (Fsp3) is 0.412. The van der Waals surface area contributed by atoms with Gasteiger partial charge in [0.15, 0.2) is 5.09 Å². The molecule has 1 aromatic carbocycles. The van der Waals surface area contributed by atoms with Gasteiger partial charge < -0.3 is 14.6 Å². The molecule has 1 aromatic heterocycles. The van der Waals surface area contributed by atoms with Gasteiger partial charge in [-0.25, -0.2) is 4.98 Å². The average molecular weight is 364 g/mol. The Bertz CT molecular complexity index is 726. The van der Waals surface area contributed by atoms with Crippen LogP contribution < -0.4 is 5.32 Å². The molecule has 1 N–H and O–H groups in total. The second-order valence-corrected chi connectivity index (χ2v) is 7.77. The number of carbonyl (C=O) groups is 1. The summed E-state index contributed by atoms with van der Waals surface area (Å²) in [6.07, 6.45) is 3.91. The smallest absolute Gasteiger partial charge is 0.307 e. The number of halogens is 1. The quantitative estimate of drug-likeness (QED) is 0.903. The van der Waals surface area contributed by atoms with E-state index in [1.165, 1.54) is 11.8 Å². The summed E-state index contributed by atoms with van der Waals surface area (Å²) in [5, 5.41) is 4.37. The average Bonchev–Trinajstić information content (AvgIpc) is 3.07. The highest BCUT2D eigenvalue weighted by Crippen LogP contribution is 2.30. The molecule has 0 saturated carbocycles. The number of amides is 1. The Labute approximate surface area is 149 Å². The van der Waals surface area contributed by atoms with E-state index in [1.807, 2.05) is 24.3 Å². The SMILES string of the molecule is O=C(N[C@H]1CN2CCC1CC2)c1ncc(Sc2ccc(Cl)cc2)o1. The van der Waals surface area contributed by atoms with Gasteiger partial charge in [0.05, 0.1) is 6.20 Å². The third-order valence-corrected chi connectivity index (χ3v) is 5.83. The Morgan fingerprint density at radius 1 is 1.29 bits per heavy atom. The predicted octanol–water partition coefficient (Wildman–Crippen LogP) is 3.30. The molecule has 1 atom stereocenters. The van der Waals surface area contributed by atoms with Crippen molar-refractivity contribution < 1.29 is 9.21 Å². The molecule has 0 radical (unpaired) electrons. The molecule has 7 heteroatoms. The van der Waals surface area contributed by atoms with Crippen molar-refractivity contribution in [2.24, 2.45) is 5.92 Å². The van der Waals surface area contributed by atoms with Crippen molar-refractivity contribution in [2.75, 3.05) is 19.6 Å². The lowest BCUT2D eigenvalue weighted by atomic mass is 9.84. The van der Waals surface area contributed by atoms with Crippen molar-refractivity contribution in [3.05, 3.63) is 41.4 Å². The van der Waals surface area contributed by atoms with Crippen LogP contribution in [0.1, 0.15) is 23.5 Å². The summed E-state index contributed by atoms with van der Waals surface area (Å²) in [6, 6.07) is 7.66. The van der Waals surface area contributed by atoms with Crippen molar-refractivity contribution in [3.8, 4) is 0 Å². The first-order valence-electron chi connectivity index (χ1n) is 8.10. The molecule has 1 amide bonds. The largest absolute Gasteiger partial charge is 0.425 e. The number of oxazole rings is 1. The molecule has 2 bridgehead atoms. The van der Waals surface area contributed by atoms with Crippen molar-refractivity contribution >= 4 is 29.3 Å². The Morgan fingerprint density at radius 2 is 2.04 bits per heavy atom. The summed E-state index contributed by atoms with van der Waals surface area (Å²) in [4.78, 5) is 19.9. The topological polar surface area (TPSA) is 58.4 Å². The van der Waals surface area contributed by atoms with E-state index in [9.17, 15) is 4.79 Å². The normalized spacial score (nSPS) is 25.6. The first-order valence-corrected chi connectivity index (χ1v) is 9.29. The summed E-state index contributed by atoms with van der Waals surface area (Å²) in [5.41, 5.74) is 0. The first kappa shape index (κ1) is 16.0. The van der Waals surface area contributed by atoms with Gasteiger partial charge in [0, 0.05) is 22.5 Å². The third kappa shape index (κ3) is 3.45. The zero-order valence-corrected chi connectivity index (χ0v) is 14.6. The highest BCUT2D eigenvalue weighted by atomic mass is 35.5. The van der Waals surface area contributed by atoms with Crippen molar-refractivity contribution in [1.29, 1.82) is 0 Å². The van der Waals surface area contributed by atoms with E-state index >= 15 is 0 Å². The number of piperidine rings is 3. The van der Waals surface area contributed by atoms with Gasteiger partial charge in [-0.1, -0.05) is 23.4 Å². The molecule has 126 valence electrons. The molecular weight excluding hydrogens is 346 g/mol. The maximum Gasteiger partial charge on any atom is 0.307 e. The van der Waals surface area contributed by atoms with Gasteiger partial charge >= 0.3 is 5.91 Å². The number of aromatic nitrogens is 1. The van der Waals surface area contributed by atoms with Gasteiger partial charge in [-0.3, -0.25) is 4.79 Å². The number of benzene rings is 1. The fourth-order valence-electron chi connectivity index (χ4n) is 3.39. The van der Waals surface area contributed by atoms with E-state index in [0.29, 0.717) is 16.0 Å². The molecule has 0 unspecified atom stereocenters. The van der Waals surface area contributed by atoms with E-state index in [2.05, 4.69) is 15.2 Å². The van der Waals surface area contributed by atoms with Gasteiger partial charge in [0.2, 0.25) is 0 Å². The highest BCUT2D eigenvalue weighted by molar-refractivity contribution is 7.99. The summed E-state index contributed by atoms with van der Waals surface area (Å²) >= 11 is 7.29. The van der Waals surface area contributed by atoms with Crippen LogP contribution in [0.5, 0.6) is 0 Å². The Morgan fingerprint density at radius 3 is 2.71 bits per heavy atom. The lowest BCUT2D eigenvalue weighted by Gasteiger charge is -2.44. The van der Waals surface area contributed by atoms with Crippen LogP contribution in [-0.2, 0) is 0 Å². The Hall–Kier alpha value is -1.50. The van der Waals surface area contributed by atoms with Gasteiger partial charge in [0.25, 0.3) is 5.89 Å². The molecule has 3 saturated heterocycles. The second kappa shape index (κ2) is 6.78. The van der Waals surface area contributed by atoms with Crippen LogP contribution in [-0.4, -0.2) is 41.5 Å². The van der Waals surface area contributed by atoms with Crippen LogP contribution in [0.25, 0.3) is 0 Å². The molecule has 0 aliphatic carbocycles. The summed E-state index contributed by atoms with van der Waals surface area (Å²) in [6.45, 7) is 3.24. The van der Waals surface area contributed by atoms with Crippen molar-refractivity contribution in [3.63, 3.8) is 0 Å². The van der Waals surface area contributed by atoms with Crippen LogP contribution in [0.2, 0.25) is 5.02 Å². The summed E-state index contributed by atoms with van der Waals surface area (Å²) in [5.74, 6) is 0.483. The van der Waals surface area contributed by atoms with Crippen LogP contribution in [0.4, 0.5) is 0 Å². The van der Waals surface area contributed by atoms with Gasteiger partial charge in [-0.15, -0.1) is 0 Å². The van der Waals surface area contributed by atoms with Crippen molar-refractivity contribution in [1.82, 2.24) is 15.2 Å². The van der Waals surface area contributed by atoms with Gasteiger partial charge in [-0.2, -0.15) is 0 Å². The molecule has 2 aromatic rings. The van der Waals surface area contributed by atoms with Gasteiger partial charge in [-0.05, 0) is 56.1 Å². The molecule has 4 heterocycles. The zero-order chi connectivity index (χ0) is 16.5.